The van der Waals surface area contributed by atoms with E-state index in [1.807, 2.05) is 13.8 Å². The number of benzene rings is 2. The monoisotopic (exact) mass is 382 g/mol. The highest BCUT2D eigenvalue weighted by Gasteiger charge is 2.10. The van der Waals surface area contributed by atoms with E-state index in [0.29, 0.717) is 22.5 Å². The van der Waals surface area contributed by atoms with Gasteiger partial charge in [-0.15, -0.1) is 0 Å². The van der Waals surface area contributed by atoms with Crippen LogP contribution in [0.5, 0.6) is 0 Å². The van der Waals surface area contributed by atoms with E-state index in [4.69, 9.17) is 0 Å². The number of hydrogen-bond donors (Lipinski definition) is 4. The smallest absolute Gasteiger partial charge is 0.251 e. The van der Waals surface area contributed by atoms with Crippen LogP contribution in [0.3, 0.4) is 0 Å². The zero-order valence-corrected chi connectivity index (χ0v) is 16.3. The van der Waals surface area contributed by atoms with E-state index in [-0.39, 0.29) is 30.3 Å². The zero-order valence-electron chi connectivity index (χ0n) is 16.3. The van der Waals surface area contributed by atoms with Gasteiger partial charge in [0, 0.05) is 35.6 Å². The van der Waals surface area contributed by atoms with Crippen molar-refractivity contribution in [2.45, 2.75) is 26.3 Å². The molecule has 0 fully saturated rings. The van der Waals surface area contributed by atoms with Crippen molar-refractivity contribution >= 4 is 29.1 Å². The van der Waals surface area contributed by atoms with Crippen molar-refractivity contribution in [2.75, 3.05) is 24.2 Å². The maximum Gasteiger partial charge on any atom is 0.251 e. The molecular formula is C21H26N4O3. The minimum Gasteiger partial charge on any atom is -0.376 e. The normalized spacial score (nSPS) is 11.2. The minimum absolute atomic E-state index is 0.0492. The molecule has 0 heterocycles. The summed E-state index contributed by atoms with van der Waals surface area (Å²) < 4.78 is 0. The van der Waals surface area contributed by atoms with Crippen molar-refractivity contribution in [3.05, 3.63) is 59.7 Å². The van der Waals surface area contributed by atoms with Crippen LogP contribution in [0.15, 0.2) is 48.5 Å². The average molecular weight is 382 g/mol. The van der Waals surface area contributed by atoms with Crippen LogP contribution in [0.25, 0.3) is 0 Å². The van der Waals surface area contributed by atoms with Gasteiger partial charge in [-0.25, -0.2) is 0 Å². The van der Waals surface area contributed by atoms with E-state index in [1.165, 1.54) is 0 Å². The van der Waals surface area contributed by atoms with Crippen LogP contribution in [0, 0.1) is 0 Å². The van der Waals surface area contributed by atoms with Gasteiger partial charge in [0.25, 0.3) is 11.8 Å². The third-order valence-electron chi connectivity index (χ3n) is 4.23. The Hall–Kier alpha value is -3.35. The van der Waals surface area contributed by atoms with Crippen LogP contribution in [0.2, 0.25) is 0 Å². The number of nitrogens with one attached hydrogen (secondary N) is 4. The third kappa shape index (κ3) is 6.12. The molecule has 0 spiro atoms. The van der Waals surface area contributed by atoms with Crippen molar-refractivity contribution in [1.82, 2.24) is 10.6 Å². The summed E-state index contributed by atoms with van der Waals surface area (Å²) in [5.74, 6) is -0.558. The molecule has 2 rings (SSSR count). The summed E-state index contributed by atoms with van der Waals surface area (Å²) in [6.45, 7) is 4.01. The molecule has 7 nitrogen and oxygen atoms in total. The summed E-state index contributed by atoms with van der Waals surface area (Å²) in [4.78, 5) is 35.8. The molecule has 28 heavy (non-hydrogen) atoms. The molecule has 148 valence electrons. The van der Waals surface area contributed by atoms with Crippen molar-refractivity contribution in [3.8, 4) is 0 Å². The topological polar surface area (TPSA) is 99.3 Å². The van der Waals surface area contributed by atoms with Gasteiger partial charge in [0.1, 0.15) is 0 Å². The molecule has 2 aromatic rings. The van der Waals surface area contributed by atoms with Crippen LogP contribution in [-0.2, 0) is 4.79 Å². The van der Waals surface area contributed by atoms with Gasteiger partial charge in [0.2, 0.25) is 5.91 Å². The van der Waals surface area contributed by atoms with Crippen LogP contribution < -0.4 is 21.3 Å². The lowest BCUT2D eigenvalue weighted by Gasteiger charge is -2.12. The molecule has 1 unspecified atom stereocenters. The van der Waals surface area contributed by atoms with Gasteiger partial charge in [-0.05, 0) is 55.8 Å². The summed E-state index contributed by atoms with van der Waals surface area (Å²) in [7, 11) is 1.56. The largest absolute Gasteiger partial charge is 0.376 e. The number of hydrogen-bond acceptors (Lipinski definition) is 4. The fourth-order valence-electron chi connectivity index (χ4n) is 2.42. The standard InChI is InChI=1S/C21H26N4O3/c1-4-14(2)24-21(28)16-6-5-7-18(12-16)23-13-19(26)25-17-10-8-15(9-11-17)20(27)22-3/h5-12,14,23H,4,13H2,1-3H3,(H,22,27)(H,24,28)(H,25,26). The summed E-state index contributed by atoms with van der Waals surface area (Å²) in [6.07, 6.45) is 0.855. The molecule has 0 bridgehead atoms. The first-order valence-electron chi connectivity index (χ1n) is 9.19. The minimum atomic E-state index is -0.234. The second-order valence-electron chi connectivity index (χ2n) is 6.42. The Balaban J connectivity index is 1.89. The van der Waals surface area contributed by atoms with Crippen molar-refractivity contribution < 1.29 is 14.4 Å². The molecule has 0 aromatic heterocycles. The van der Waals surface area contributed by atoms with E-state index >= 15 is 0 Å². The second kappa shape index (κ2) is 10.1. The number of carbonyl (C=O) groups is 3. The average Bonchev–Trinajstić information content (AvgIpc) is 2.72. The van der Waals surface area contributed by atoms with E-state index in [0.717, 1.165) is 6.42 Å². The number of carbonyl (C=O) groups excluding carboxylic acids is 3. The molecule has 7 heteroatoms. The third-order valence-corrected chi connectivity index (χ3v) is 4.23. The van der Waals surface area contributed by atoms with Gasteiger partial charge in [0.05, 0.1) is 6.54 Å². The molecular weight excluding hydrogens is 356 g/mol. The molecule has 3 amide bonds. The fourth-order valence-corrected chi connectivity index (χ4v) is 2.42. The second-order valence-corrected chi connectivity index (χ2v) is 6.42. The summed E-state index contributed by atoms with van der Waals surface area (Å²) >= 11 is 0. The Morgan fingerprint density at radius 1 is 0.929 bits per heavy atom. The molecule has 0 aliphatic heterocycles. The number of anilines is 2. The van der Waals surface area contributed by atoms with Crippen molar-refractivity contribution in [3.63, 3.8) is 0 Å². The van der Waals surface area contributed by atoms with Crippen molar-refractivity contribution in [2.24, 2.45) is 0 Å². The summed E-state index contributed by atoms with van der Waals surface area (Å²) in [5, 5.41) is 11.2. The molecule has 0 aliphatic carbocycles. The number of amides is 3. The SMILES string of the molecule is CCC(C)NC(=O)c1cccc(NCC(=O)Nc2ccc(C(=O)NC)cc2)c1. The Morgan fingerprint density at radius 3 is 2.29 bits per heavy atom. The first kappa shape index (κ1) is 21.0. The molecule has 0 saturated heterocycles. The van der Waals surface area contributed by atoms with E-state index in [9.17, 15) is 14.4 Å². The Morgan fingerprint density at radius 2 is 1.64 bits per heavy atom. The highest BCUT2D eigenvalue weighted by atomic mass is 16.2. The maximum absolute atomic E-state index is 12.2. The quantitative estimate of drug-likeness (QED) is 0.564. The lowest BCUT2D eigenvalue weighted by molar-refractivity contribution is -0.114. The van der Waals surface area contributed by atoms with Crippen LogP contribution >= 0.6 is 0 Å². The predicted molar refractivity (Wildman–Crippen MR) is 111 cm³/mol. The molecule has 1 atom stereocenters. The lowest BCUT2D eigenvalue weighted by atomic mass is 10.1. The summed E-state index contributed by atoms with van der Waals surface area (Å²) in [6, 6.07) is 13.7. The van der Waals surface area contributed by atoms with Crippen LogP contribution in [0.1, 0.15) is 41.0 Å². The molecule has 2 aromatic carbocycles. The zero-order chi connectivity index (χ0) is 20.5. The molecule has 0 radical (unpaired) electrons. The van der Waals surface area contributed by atoms with Crippen LogP contribution in [-0.4, -0.2) is 37.4 Å². The van der Waals surface area contributed by atoms with Gasteiger partial charge in [-0.2, -0.15) is 0 Å². The van der Waals surface area contributed by atoms with Gasteiger partial charge in [0.15, 0.2) is 0 Å². The summed E-state index contributed by atoms with van der Waals surface area (Å²) in [5.41, 5.74) is 2.34. The Bertz CT molecular complexity index is 834. The fraction of sp³-hybridized carbons (Fsp3) is 0.286. The van der Waals surface area contributed by atoms with Gasteiger partial charge < -0.3 is 21.3 Å². The van der Waals surface area contributed by atoms with Gasteiger partial charge in [-0.1, -0.05) is 13.0 Å². The van der Waals surface area contributed by atoms with Gasteiger partial charge >= 0.3 is 0 Å². The molecule has 0 saturated carbocycles. The number of rotatable bonds is 8. The Labute approximate surface area is 164 Å². The van der Waals surface area contributed by atoms with Crippen molar-refractivity contribution in [1.29, 1.82) is 0 Å². The van der Waals surface area contributed by atoms with Gasteiger partial charge in [-0.3, -0.25) is 14.4 Å². The van der Waals surface area contributed by atoms with E-state index in [1.54, 1.807) is 55.6 Å². The highest BCUT2D eigenvalue weighted by molar-refractivity contribution is 5.97. The molecule has 0 aliphatic rings. The van der Waals surface area contributed by atoms with E-state index < -0.39 is 0 Å². The Kier molecular flexibility index (Phi) is 7.56. The molecule has 4 N–H and O–H groups in total. The predicted octanol–water partition coefficient (Wildman–Crippen LogP) is 2.63. The maximum atomic E-state index is 12.2. The lowest BCUT2D eigenvalue weighted by Crippen LogP contribution is -2.31. The van der Waals surface area contributed by atoms with E-state index in [2.05, 4.69) is 21.3 Å². The highest BCUT2D eigenvalue weighted by Crippen LogP contribution is 2.12. The van der Waals surface area contributed by atoms with Crippen LogP contribution in [0.4, 0.5) is 11.4 Å². The first-order chi connectivity index (χ1) is 13.4. The first-order valence-corrected chi connectivity index (χ1v) is 9.19.